The third-order valence-electron chi connectivity index (χ3n) is 9.09. The van der Waals surface area contributed by atoms with Crippen molar-refractivity contribution in [2.75, 3.05) is 68.8 Å². The minimum atomic E-state index is -3.83. The summed E-state index contributed by atoms with van der Waals surface area (Å²) in [4.78, 5) is 32.3. The van der Waals surface area contributed by atoms with Crippen LogP contribution in [0.5, 0.6) is 0 Å². The van der Waals surface area contributed by atoms with Crippen molar-refractivity contribution >= 4 is 44.9 Å². The second-order valence-corrected chi connectivity index (χ2v) is 14.6. The fourth-order valence-corrected chi connectivity index (χ4v) is 8.08. The lowest BCUT2D eigenvalue weighted by atomic mass is 9.77. The molecule has 16 heteroatoms. The molecule has 2 aromatic rings. The summed E-state index contributed by atoms with van der Waals surface area (Å²) in [7, 11) is -3.83. The Morgan fingerprint density at radius 1 is 1.06 bits per heavy atom. The van der Waals surface area contributed by atoms with Crippen molar-refractivity contribution in [1.29, 1.82) is 0 Å². The van der Waals surface area contributed by atoms with Gasteiger partial charge in [-0.25, -0.2) is 22.2 Å². The van der Waals surface area contributed by atoms with Crippen LogP contribution in [-0.2, 0) is 30.3 Å². The minimum absolute atomic E-state index is 0.0744. The highest BCUT2D eigenvalue weighted by atomic mass is 35.5. The average molecular weight is 698 g/mol. The molecule has 47 heavy (non-hydrogen) atoms. The molecule has 1 aromatic carbocycles. The number of hydrogen-bond acceptors (Lipinski definition) is 9. The van der Waals surface area contributed by atoms with Crippen LogP contribution in [0, 0.1) is 11.8 Å². The van der Waals surface area contributed by atoms with E-state index in [2.05, 4.69) is 10.3 Å². The second-order valence-electron chi connectivity index (χ2n) is 12.3. The van der Waals surface area contributed by atoms with Crippen molar-refractivity contribution in [2.24, 2.45) is 23.3 Å². The Balaban J connectivity index is 1.17. The van der Waals surface area contributed by atoms with E-state index in [0.717, 1.165) is 0 Å². The van der Waals surface area contributed by atoms with Gasteiger partial charge in [0, 0.05) is 81.4 Å². The molecule has 3 aliphatic rings. The molecule has 0 spiro atoms. The van der Waals surface area contributed by atoms with Crippen LogP contribution >= 0.6 is 11.6 Å². The third kappa shape index (κ3) is 8.20. The van der Waals surface area contributed by atoms with E-state index in [-0.39, 0.29) is 90.6 Å². The van der Waals surface area contributed by atoms with E-state index in [1.807, 2.05) is 0 Å². The number of benzene rings is 1. The number of sulfonamides is 1. The van der Waals surface area contributed by atoms with Gasteiger partial charge in [-0.05, 0) is 62.1 Å². The van der Waals surface area contributed by atoms with Crippen LogP contribution in [0.1, 0.15) is 37.7 Å². The van der Waals surface area contributed by atoms with E-state index in [1.165, 1.54) is 28.6 Å². The number of amides is 2. The molecular weight excluding hydrogens is 656 g/mol. The molecule has 1 aliphatic carbocycles. The van der Waals surface area contributed by atoms with Crippen molar-refractivity contribution in [1.82, 2.24) is 14.6 Å². The van der Waals surface area contributed by atoms with Gasteiger partial charge in [0.15, 0.2) is 0 Å². The molecule has 12 nitrogen and oxygen atoms in total. The van der Waals surface area contributed by atoms with Crippen LogP contribution in [0.3, 0.4) is 0 Å². The number of hydrogen-bond donors (Lipinski definition) is 3. The first-order chi connectivity index (χ1) is 22.4. The Morgan fingerprint density at radius 3 is 2.36 bits per heavy atom. The largest absolute Gasteiger partial charge is 0.378 e. The predicted octanol–water partition coefficient (Wildman–Crippen LogP) is 2.30. The highest BCUT2D eigenvalue weighted by Crippen LogP contribution is 2.46. The predicted molar refractivity (Wildman–Crippen MR) is 174 cm³/mol. The molecule has 5 rings (SSSR count). The summed E-state index contributed by atoms with van der Waals surface area (Å²) >= 11 is 6.24. The van der Waals surface area contributed by atoms with Crippen LogP contribution < -0.4 is 26.6 Å². The molecule has 2 aliphatic heterocycles. The van der Waals surface area contributed by atoms with E-state index < -0.39 is 21.9 Å². The number of pyridine rings is 1. The first-order valence-corrected chi connectivity index (χ1v) is 17.7. The zero-order valence-corrected chi connectivity index (χ0v) is 27.7. The molecular formula is C31H42ClF2N7O5S. The molecule has 5 N–H and O–H groups in total. The fourth-order valence-electron chi connectivity index (χ4n) is 6.46. The highest BCUT2D eigenvalue weighted by molar-refractivity contribution is 7.89. The van der Waals surface area contributed by atoms with Gasteiger partial charge in [0.1, 0.15) is 11.0 Å². The molecule has 0 bridgehead atoms. The van der Waals surface area contributed by atoms with Crippen molar-refractivity contribution in [2.45, 2.75) is 49.0 Å². The van der Waals surface area contributed by atoms with Crippen molar-refractivity contribution in [3.8, 4) is 0 Å². The summed E-state index contributed by atoms with van der Waals surface area (Å²) in [5, 5.41) is 2.73. The first-order valence-electron chi connectivity index (χ1n) is 15.9. The Morgan fingerprint density at radius 2 is 1.74 bits per heavy atom. The number of rotatable bonds is 12. The lowest BCUT2D eigenvalue weighted by molar-refractivity contribution is -0.129. The summed E-state index contributed by atoms with van der Waals surface area (Å²) in [6.45, 7) is 2.58. The zero-order valence-electron chi connectivity index (χ0n) is 26.1. The summed E-state index contributed by atoms with van der Waals surface area (Å²) in [5.74, 6) is -4.48. The maximum atomic E-state index is 15.8. The Hall–Kier alpha value is -2.95. The molecule has 2 amide bonds. The number of ether oxygens (including phenoxy) is 1. The molecule has 0 radical (unpaired) electrons. The number of anilines is 2. The standard InChI is InChI=1S/C31H42ClF2N7O5S/c32-27-17-23(31(33,34)22-3-1-21(2-4-22)30(43)37-10-16-46-15-9-35)18-28(38-27)39-11-13-40(14-12-39)47(44,45)26-7-5-25(6-8-26)41-20-24(36)19-29(41)42/h5-8,17-18,21-22,24H,1-4,9-16,19-20,35-36H2,(H,37,43)/t21-,22-,24-/m1/s1. The highest BCUT2D eigenvalue weighted by Gasteiger charge is 2.44. The van der Waals surface area contributed by atoms with E-state index in [4.69, 9.17) is 27.8 Å². The number of carbonyl (C=O) groups excluding carboxylic acids is 2. The Labute approximate surface area is 278 Å². The molecule has 0 unspecified atom stereocenters. The Bertz CT molecular complexity index is 1520. The van der Waals surface area contributed by atoms with Crippen LogP contribution in [0.4, 0.5) is 20.3 Å². The SMILES string of the molecule is NCCOCCNC(=O)[C@H]1CC[C@H](C(F)(F)c2cc(Cl)nc(N3CCN(S(=O)(=O)c4ccc(N5C[C@H](N)CC5=O)cc4)CC3)c2)CC1. The van der Waals surface area contributed by atoms with Crippen LogP contribution in [0.15, 0.2) is 41.3 Å². The van der Waals surface area contributed by atoms with Gasteiger partial charge >= 0.3 is 0 Å². The lowest BCUT2D eigenvalue weighted by Crippen LogP contribution is -2.49. The molecule has 3 heterocycles. The van der Waals surface area contributed by atoms with E-state index >= 15 is 8.78 Å². The normalized spacial score (nSPS) is 22.9. The van der Waals surface area contributed by atoms with Crippen LogP contribution in [0.25, 0.3) is 0 Å². The van der Waals surface area contributed by atoms with Crippen molar-refractivity contribution in [3.05, 3.63) is 47.1 Å². The number of nitrogens with zero attached hydrogens (tertiary/aromatic N) is 4. The number of carbonyl (C=O) groups is 2. The minimum Gasteiger partial charge on any atom is -0.378 e. The van der Waals surface area contributed by atoms with Gasteiger partial charge in [-0.1, -0.05) is 11.6 Å². The van der Waals surface area contributed by atoms with Gasteiger partial charge in [0.2, 0.25) is 21.8 Å². The average Bonchev–Trinajstić information content (AvgIpc) is 3.41. The van der Waals surface area contributed by atoms with Gasteiger partial charge in [-0.3, -0.25) is 9.59 Å². The third-order valence-corrected chi connectivity index (χ3v) is 11.2. The number of alkyl halides is 2. The number of piperazine rings is 1. The van der Waals surface area contributed by atoms with Crippen molar-refractivity contribution < 1.29 is 31.5 Å². The number of nitrogens with one attached hydrogen (secondary N) is 1. The Kier molecular flexibility index (Phi) is 11.3. The van der Waals surface area contributed by atoms with Crippen LogP contribution in [0.2, 0.25) is 5.15 Å². The smallest absolute Gasteiger partial charge is 0.276 e. The first kappa shape index (κ1) is 35.4. The summed E-state index contributed by atoms with van der Waals surface area (Å²) in [5.41, 5.74) is 11.6. The molecule has 258 valence electrons. The topological polar surface area (TPSA) is 164 Å². The van der Waals surface area contributed by atoms with Gasteiger partial charge in [-0.15, -0.1) is 0 Å². The van der Waals surface area contributed by atoms with Gasteiger partial charge in [0.25, 0.3) is 5.92 Å². The van der Waals surface area contributed by atoms with E-state index in [1.54, 1.807) is 21.9 Å². The quantitative estimate of drug-likeness (QED) is 0.223. The molecule has 3 fully saturated rings. The lowest BCUT2D eigenvalue weighted by Gasteiger charge is -2.36. The number of aromatic nitrogens is 1. The maximum Gasteiger partial charge on any atom is 0.276 e. The van der Waals surface area contributed by atoms with E-state index in [0.29, 0.717) is 51.4 Å². The summed E-state index contributed by atoms with van der Waals surface area (Å²) in [6.07, 6.45) is 1.32. The second kappa shape index (κ2) is 15.1. The monoisotopic (exact) mass is 697 g/mol. The van der Waals surface area contributed by atoms with Gasteiger partial charge in [-0.2, -0.15) is 4.31 Å². The van der Waals surface area contributed by atoms with Crippen LogP contribution in [-0.4, -0.2) is 94.6 Å². The molecule has 2 saturated heterocycles. The van der Waals surface area contributed by atoms with E-state index in [9.17, 15) is 18.0 Å². The molecule has 1 saturated carbocycles. The number of halogens is 3. The fraction of sp³-hybridized carbons (Fsp3) is 0.581. The maximum absolute atomic E-state index is 15.8. The van der Waals surface area contributed by atoms with Crippen molar-refractivity contribution in [3.63, 3.8) is 0 Å². The zero-order chi connectivity index (χ0) is 33.8. The summed E-state index contributed by atoms with van der Waals surface area (Å²) in [6, 6.07) is 8.40. The molecule has 1 aromatic heterocycles. The van der Waals surface area contributed by atoms with Gasteiger partial charge in [0.05, 0.1) is 18.1 Å². The van der Waals surface area contributed by atoms with Gasteiger partial charge < -0.3 is 31.3 Å². The summed E-state index contributed by atoms with van der Waals surface area (Å²) < 4.78 is 65.1. The molecule has 1 atom stereocenters. The number of nitrogens with two attached hydrogens (primary N) is 2.